The van der Waals surface area contributed by atoms with Crippen LogP contribution in [0.15, 0.2) is 0 Å². The van der Waals surface area contributed by atoms with E-state index in [0.29, 0.717) is 5.92 Å². The van der Waals surface area contributed by atoms with Crippen LogP contribution in [-0.4, -0.2) is 65.3 Å². The maximum absolute atomic E-state index is 10.2. The Morgan fingerprint density at radius 3 is 1.96 bits per heavy atom. The van der Waals surface area contributed by atoms with Crippen LogP contribution in [0.2, 0.25) is 0 Å². The molecule has 2 aliphatic rings. The van der Waals surface area contributed by atoms with Crippen molar-refractivity contribution in [3.8, 4) is 0 Å². The average molecular weight is 332 g/mol. The highest BCUT2D eigenvalue weighted by atomic mass is 16.7. The first-order valence-corrected chi connectivity index (χ1v) is 8.67. The lowest BCUT2D eigenvalue weighted by Crippen LogP contribution is -2.56. The fourth-order valence-electron chi connectivity index (χ4n) is 3.64. The number of hydrogen-bond acceptors (Lipinski definition) is 6. The Bertz CT molecular complexity index is 374. The van der Waals surface area contributed by atoms with E-state index in [1.54, 1.807) is 0 Å². The molecule has 0 aromatic rings. The van der Waals surface area contributed by atoms with Crippen molar-refractivity contribution in [1.29, 1.82) is 0 Å². The number of ether oxygens (including phenoxy) is 3. The lowest BCUT2D eigenvalue weighted by atomic mass is 9.81. The smallest absolute Gasteiger partial charge is 0.161 e. The monoisotopic (exact) mass is 332 g/mol. The average Bonchev–Trinajstić information content (AvgIpc) is 2.55. The summed E-state index contributed by atoms with van der Waals surface area (Å²) < 4.78 is 17.9. The number of aliphatic hydroxyl groups excluding tert-OH is 3. The van der Waals surface area contributed by atoms with Crippen LogP contribution in [0.3, 0.4) is 0 Å². The van der Waals surface area contributed by atoms with Gasteiger partial charge in [-0.05, 0) is 24.7 Å². The predicted molar refractivity (Wildman–Crippen MR) is 84.7 cm³/mol. The van der Waals surface area contributed by atoms with Gasteiger partial charge in [0, 0.05) is 5.92 Å². The quantitative estimate of drug-likeness (QED) is 0.705. The van der Waals surface area contributed by atoms with E-state index in [-0.39, 0.29) is 49.3 Å². The van der Waals surface area contributed by atoms with Gasteiger partial charge in [-0.3, -0.25) is 0 Å². The molecule has 2 fully saturated rings. The molecule has 0 bridgehead atoms. The van der Waals surface area contributed by atoms with Crippen LogP contribution in [0.5, 0.6) is 0 Å². The highest BCUT2D eigenvalue weighted by molar-refractivity contribution is 4.90. The Kier molecular flexibility index (Phi) is 6.44. The van der Waals surface area contributed by atoms with Gasteiger partial charge in [-0.1, -0.05) is 27.7 Å². The molecule has 0 spiro atoms. The summed E-state index contributed by atoms with van der Waals surface area (Å²) >= 11 is 0. The number of rotatable bonds is 4. The van der Waals surface area contributed by atoms with Gasteiger partial charge in [-0.15, -0.1) is 0 Å². The molecular formula is C17H32O6. The Morgan fingerprint density at radius 2 is 1.39 bits per heavy atom. The van der Waals surface area contributed by atoms with Gasteiger partial charge in [0.05, 0.1) is 31.5 Å². The van der Waals surface area contributed by atoms with Crippen LogP contribution < -0.4 is 0 Å². The van der Waals surface area contributed by atoms with E-state index in [1.807, 2.05) is 20.8 Å². The normalized spacial score (nSPS) is 51.7. The van der Waals surface area contributed by atoms with Crippen LogP contribution in [0, 0.1) is 23.7 Å². The first-order chi connectivity index (χ1) is 10.8. The number of aliphatic hydroxyl groups is 3. The first kappa shape index (κ1) is 19.1. The Hall–Kier alpha value is -0.240. The van der Waals surface area contributed by atoms with Gasteiger partial charge >= 0.3 is 0 Å². The minimum absolute atomic E-state index is 0.0194. The number of hydrogen-bond donors (Lipinski definition) is 3. The minimum atomic E-state index is -0.706. The summed E-state index contributed by atoms with van der Waals surface area (Å²) in [5, 5.41) is 29.2. The van der Waals surface area contributed by atoms with Gasteiger partial charge in [0.25, 0.3) is 0 Å². The van der Waals surface area contributed by atoms with Gasteiger partial charge in [0.15, 0.2) is 6.29 Å². The zero-order valence-corrected chi connectivity index (χ0v) is 14.8. The summed E-state index contributed by atoms with van der Waals surface area (Å²) in [6, 6.07) is 0. The molecule has 0 amide bonds. The molecule has 10 atom stereocenters. The molecule has 2 rings (SSSR count). The van der Waals surface area contributed by atoms with Crippen molar-refractivity contribution in [2.75, 3.05) is 13.2 Å². The van der Waals surface area contributed by atoms with Crippen molar-refractivity contribution < 1.29 is 29.5 Å². The summed E-state index contributed by atoms with van der Waals surface area (Å²) in [5.74, 6) is 0.448. The van der Waals surface area contributed by atoms with Crippen LogP contribution in [0.25, 0.3) is 0 Å². The molecule has 3 N–H and O–H groups in total. The predicted octanol–water partition coefficient (Wildman–Crippen LogP) is 0.774. The molecule has 0 aromatic heterocycles. The molecule has 4 unspecified atom stereocenters. The summed E-state index contributed by atoms with van der Waals surface area (Å²) in [7, 11) is 0. The van der Waals surface area contributed by atoms with Crippen LogP contribution in [0.4, 0.5) is 0 Å². The molecule has 23 heavy (non-hydrogen) atoms. The van der Waals surface area contributed by atoms with E-state index in [2.05, 4.69) is 13.8 Å². The highest BCUT2D eigenvalue weighted by Gasteiger charge is 2.46. The van der Waals surface area contributed by atoms with E-state index in [0.717, 1.165) is 0 Å². The van der Waals surface area contributed by atoms with Crippen molar-refractivity contribution in [2.45, 2.75) is 71.4 Å². The van der Waals surface area contributed by atoms with Crippen LogP contribution in [-0.2, 0) is 14.2 Å². The zero-order valence-electron chi connectivity index (χ0n) is 14.8. The fraction of sp³-hybridized carbons (Fsp3) is 1.00. The van der Waals surface area contributed by atoms with Crippen molar-refractivity contribution in [3.63, 3.8) is 0 Å². The SMILES string of the molecule is CC1[C@H](O[C@H]2C(CO)O[C@@H](C)C(C)[C@H]2C)OC(CO)[C@H](O)[C@@H]1C. The van der Waals surface area contributed by atoms with E-state index in [1.165, 1.54) is 0 Å². The van der Waals surface area contributed by atoms with Crippen LogP contribution >= 0.6 is 0 Å². The Balaban J connectivity index is 2.11. The lowest BCUT2D eigenvalue weighted by Gasteiger charge is -2.48. The molecular weight excluding hydrogens is 300 g/mol. The van der Waals surface area contributed by atoms with Crippen LogP contribution in [0.1, 0.15) is 34.6 Å². The summed E-state index contributed by atoms with van der Waals surface area (Å²) in [6.07, 6.45) is -2.48. The van der Waals surface area contributed by atoms with E-state index in [4.69, 9.17) is 14.2 Å². The minimum Gasteiger partial charge on any atom is -0.394 e. The molecule has 2 heterocycles. The molecule has 2 saturated heterocycles. The van der Waals surface area contributed by atoms with Crippen molar-refractivity contribution >= 4 is 0 Å². The highest BCUT2D eigenvalue weighted by Crippen LogP contribution is 2.37. The standard InChI is InChI=1S/C17H32O6/c1-8-10(3)16(14(7-19)21-12(8)5)23-17-11(4)9(2)15(20)13(6-18)22-17/h8-20H,6-7H2,1-5H3/t8?,9-,10-,11?,12+,13?,14?,15-,16-,17+/m1/s1. The second kappa shape index (κ2) is 7.76. The first-order valence-electron chi connectivity index (χ1n) is 8.67. The molecule has 0 radical (unpaired) electrons. The molecule has 0 saturated carbocycles. The lowest BCUT2D eigenvalue weighted by molar-refractivity contribution is -0.311. The van der Waals surface area contributed by atoms with Gasteiger partial charge in [-0.2, -0.15) is 0 Å². The van der Waals surface area contributed by atoms with E-state index >= 15 is 0 Å². The molecule has 6 nitrogen and oxygen atoms in total. The molecule has 6 heteroatoms. The van der Waals surface area contributed by atoms with E-state index in [9.17, 15) is 15.3 Å². The Labute approximate surface area is 138 Å². The maximum Gasteiger partial charge on any atom is 0.161 e. The largest absolute Gasteiger partial charge is 0.394 e. The molecule has 0 aromatic carbocycles. The maximum atomic E-state index is 10.2. The van der Waals surface area contributed by atoms with Gasteiger partial charge < -0.3 is 29.5 Å². The third-order valence-corrected chi connectivity index (χ3v) is 5.98. The van der Waals surface area contributed by atoms with E-state index < -0.39 is 18.5 Å². The van der Waals surface area contributed by atoms with Crippen molar-refractivity contribution in [1.82, 2.24) is 0 Å². The summed E-state index contributed by atoms with van der Waals surface area (Å²) in [6.45, 7) is 9.80. The molecule has 0 aliphatic carbocycles. The summed E-state index contributed by atoms with van der Waals surface area (Å²) in [5.41, 5.74) is 0. The van der Waals surface area contributed by atoms with Gasteiger partial charge in [0.1, 0.15) is 12.2 Å². The second-order valence-corrected chi connectivity index (χ2v) is 7.32. The second-order valence-electron chi connectivity index (χ2n) is 7.32. The topological polar surface area (TPSA) is 88.4 Å². The molecule has 2 aliphatic heterocycles. The Morgan fingerprint density at radius 1 is 0.783 bits per heavy atom. The zero-order chi connectivity index (χ0) is 17.3. The van der Waals surface area contributed by atoms with Crippen molar-refractivity contribution in [3.05, 3.63) is 0 Å². The third kappa shape index (κ3) is 3.72. The fourth-order valence-corrected chi connectivity index (χ4v) is 3.64. The summed E-state index contributed by atoms with van der Waals surface area (Å²) in [4.78, 5) is 0. The third-order valence-electron chi connectivity index (χ3n) is 5.98. The molecule has 136 valence electrons. The van der Waals surface area contributed by atoms with Gasteiger partial charge in [0.2, 0.25) is 0 Å². The van der Waals surface area contributed by atoms with Crippen molar-refractivity contribution in [2.24, 2.45) is 23.7 Å². The van der Waals surface area contributed by atoms with Gasteiger partial charge in [-0.25, -0.2) is 0 Å².